The number of hydrogen-bond acceptors (Lipinski definition) is 4. The van der Waals surface area contributed by atoms with E-state index in [1.54, 1.807) is 6.07 Å². The number of rotatable bonds is 6. The smallest absolute Gasteiger partial charge is 0.258 e. The number of nitrogens with zero attached hydrogens (tertiary/aromatic N) is 1. The number of ether oxygens (including phenoxy) is 1. The number of carbonyl (C=O) groups is 1. The Bertz CT molecular complexity index is 841. The van der Waals surface area contributed by atoms with Crippen LogP contribution in [-0.2, 0) is 4.89 Å². The summed E-state index contributed by atoms with van der Waals surface area (Å²) in [6, 6.07) is 3.10. The van der Waals surface area contributed by atoms with Crippen molar-refractivity contribution >= 4 is 5.91 Å². The molecule has 1 aliphatic heterocycles. The molecule has 1 N–H and O–H groups in total. The SMILES string of the molecule is CC1CC(OO)N(C(=O)c2cc(C3CC3)c(OCC34CCC3CC(C)C4)cc2F)C1. The van der Waals surface area contributed by atoms with Crippen LogP contribution in [-0.4, -0.2) is 35.4 Å². The number of carbonyl (C=O) groups excluding carboxylic acids is 1. The standard InChI is InChI=1S/C24H32FNO4/c1-14-7-17-5-6-24(17,11-14)13-29-21-10-20(25)19(9-18(21)16-3-4-16)23(27)26-12-15(2)8-22(26)30-28/h9-10,14-17,22,28H,3-8,11-13H2,1-2H3. The molecule has 3 aliphatic carbocycles. The fourth-order valence-corrected chi connectivity index (χ4v) is 6.17. The molecular weight excluding hydrogens is 385 g/mol. The summed E-state index contributed by atoms with van der Waals surface area (Å²) in [5.41, 5.74) is 1.27. The molecule has 0 spiro atoms. The zero-order chi connectivity index (χ0) is 21.0. The number of likely N-dealkylation sites (tertiary alicyclic amines) is 1. The molecule has 5 atom stereocenters. The van der Waals surface area contributed by atoms with Crippen LogP contribution in [0, 0.1) is 29.0 Å². The van der Waals surface area contributed by atoms with Crippen LogP contribution in [0.3, 0.4) is 0 Å². The van der Waals surface area contributed by atoms with Crippen molar-refractivity contribution in [2.45, 2.75) is 70.9 Å². The van der Waals surface area contributed by atoms with E-state index in [9.17, 15) is 4.79 Å². The van der Waals surface area contributed by atoms with Gasteiger partial charge in [0.25, 0.3) is 5.91 Å². The maximum Gasteiger partial charge on any atom is 0.258 e. The number of benzene rings is 1. The molecule has 1 aromatic rings. The summed E-state index contributed by atoms with van der Waals surface area (Å²) in [5, 5.41) is 9.15. The first kappa shape index (κ1) is 20.3. The summed E-state index contributed by atoms with van der Waals surface area (Å²) in [7, 11) is 0. The Morgan fingerprint density at radius 1 is 1.23 bits per heavy atom. The molecule has 164 valence electrons. The highest BCUT2D eigenvalue weighted by Crippen LogP contribution is 2.59. The van der Waals surface area contributed by atoms with Gasteiger partial charge in [0, 0.05) is 18.0 Å². The highest BCUT2D eigenvalue weighted by atomic mass is 19.1. The molecule has 3 saturated carbocycles. The highest BCUT2D eigenvalue weighted by molar-refractivity contribution is 5.95. The van der Waals surface area contributed by atoms with Gasteiger partial charge in [-0.15, -0.1) is 0 Å². The molecule has 0 aromatic heterocycles. The lowest BCUT2D eigenvalue weighted by atomic mass is 9.62. The topological polar surface area (TPSA) is 59.0 Å². The van der Waals surface area contributed by atoms with E-state index < -0.39 is 18.0 Å². The van der Waals surface area contributed by atoms with Crippen molar-refractivity contribution < 1.29 is 24.1 Å². The molecule has 1 saturated heterocycles. The van der Waals surface area contributed by atoms with Crippen LogP contribution in [0.15, 0.2) is 12.1 Å². The molecule has 5 nitrogen and oxygen atoms in total. The maximum absolute atomic E-state index is 15.1. The summed E-state index contributed by atoms with van der Waals surface area (Å²) < 4.78 is 21.3. The largest absolute Gasteiger partial charge is 0.493 e. The second kappa shape index (κ2) is 7.49. The first-order valence-corrected chi connectivity index (χ1v) is 11.5. The van der Waals surface area contributed by atoms with Crippen LogP contribution in [0.25, 0.3) is 0 Å². The van der Waals surface area contributed by atoms with Crippen molar-refractivity contribution in [1.29, 1.82) is 0 Å². The minimum absolute atomic E-state index is 0.0505. The third-order valence-electron chi connectivity index (χ3n) is 8.00. The summed E-state index contributed by atoms with van der Waals surface area (Å²) in [6.07, 6.45) is 6.89. The average Bonchev–Trinajstić information content (AvgIpc) is 3.44. The van der Waals surface area contributed by atoms with Crippen LogP contribution in [0.2, 0.25) is 0 Å². The lowest BCUT2D eigenvalue weighted by Crippen LogP contribution is -2.41. The Labute approximate surface area is 177 Å². The van der Waals surface area contributed by atoms with E-state index >= 15 is 4.39 Å². The van der Waals surface area contributed by atoms with Gasteiger partial charge in [-0.25, -0.2) is 14.5 Å². The molecule has 5 unspecified atom stereocenters. The molecule has 30 heavy (non-hydrogen) atoms. The Kier molecular flexibility index (Phi) is 5.05. The molecule has 6 heteroatoms. The third kappa shape index (κ3) is 3.42. The van der Waals surface area contributed by atoms with Crippen molar-refractivity contribution in [2.75, 3.05) is 13.2 Å². The van der Waals surface area contributed by atoms with Gasteiger partial charge < -0.3 is 9.64 Å². The van der Waals surface area contributed by atoms with Gasteiger partial charge in [-0.05, 0) is 80.2 Å². The van der Waals surface area contributed by atoms with Gasteiger partial charge >= 0.3 is 0 Å². The third-order valence-corrected chi connectivity index (χ3v) is 8.00. The quantitative estimate of drug-likeness (QED) is 0.510. The second-order valence-corrected chi connectivity index (χ2v) is 10.4. The number of amides is 1. The van der Waals surface area contributed by atoms with Gasteiger partial charge in [0.1, 0.15) is 11.6 Å². The second-order valence-electron chi connectivity index (χ2n) is 10.4. The molecule has 1 heterocycles. The minimum Gasteiger partial charge on any atom is -0.493 e. The number of fused-ring (bicyclic) bond motifs is 1. The summed E-state index contributed by atoms with van der Waals surface area (Å²) in [5.74, 6) is 1.65. The lowest BCUT2D eigenvalue weighted by molar-refractivity contribution is -0.299. The van der Waals surface area contributed by atoms with Crippen LogP contribution in [0.4, 0.5) is 4.39 Å². The predicted octanol–water partition coefficient (Wildman–Crippen LogP) is 5.21. The Balaban J connectivity index is 1.38. The van der Waals surface area contributed by atoms with Crippen LogP contribution >= 0.6 is 0 Å². The summed E-state index contributed by atoms with van der Waals surface area (Å²) in [6.45, 7) is 5.40. The molecule has 4 fully saturated rings. The van der Waals surface area contributed by atoms with Crippen LogP contribution < -0.4 is 4.74 Å². The number of halogens is 1. The number of hydrogen-bond donors (Lipinski definition) is 1. The minimum atomic E-state index is -0.716. The molecule has 0 bridgehead atoms. The van der Waals surface area contributed by atoms with Crippen molar-refractivity contribution in [3.8, 4) is 5.75 Å². The van der Waals surface area contributed by atoms with E-state index in [2.05, 4.69) is 11.8 Å². The van der Waals surface area contributed by atoms with E-state index in [1.807, 2.05) is 6.92 Å². The summed E-state index contributed by atoms with van der Waals surface area (Å²) >= 11 is 0. The van der Waals surface area contributed by atoms with Gasteiger partial charge in [0.15, 0.2) is 6.23 Å². The van der Waals surface area contributed by atoms with E-state index in [0.717, 1.165) is 30.2 Å². The van der Waals surface area contributed by atoms with Crippen LogP contribution in [0.1, 0.15) is 80.6 Å². The molecule has 5 rings (SSSR count). The van der Waals surface area contributed by atoms with Crippen molar-refractivity contribution in [3.63, 3.8) is 0 Å². The zero-order valence-electron chi connectivity index (χ0n) is 17.9. The van der Waals surface area contributed by atoms with Crippen molar-refractivity contribution in [3.05, 3.63) is 29.1 Å². The maximum atomic E-state index is 15.1. The summed E-state index contributed by atoms with van der Waals surface area (Å²) in [4.78, 5) is 19.0. The van der Waals surface area contributed by atoms with Gasteiger partial charge in [-0.1, -0.05) is 13.8 Å². The predicted molar refractivity (Wildman–Crippen MR) is 110 cm³/mol. The fraction of sp³-hybridized carbons (Fsp3) is 0.708. The van der Waals surface area contributed by atoms with Crippen molar-refractivity contribution in [1.82, 2.24) is 4.90 Å². The van der Waals surface area contributed by atoms with Gasteiger partial charge in [0.05, 0.1) is 12.2 Å². The Hall–Kier alpha value is -1.66. The van der Waals surface area contributed by atoms with E-state index in [4.69, 9.17) is 9.99 Å². The van der Waals surface area contributed by atoms with Gasteiger partial charge in [0.2, 0.25) is 0 Å². The van der Waals surface area contributed by atoms with E-state index in [1.165, 1.54) is 36.6 Å². The molecule has 1 amide bonds. The van der Waals surface area contributed by atoms with Crippen molar-refractivity contribution in [2.24, 2.45) is 23.2 Å². The van der Waals surface area contributed by atoms with Crippen LogP contribution in [0.5, 0.6) is 5.75 Å². The highest BCUT2D eigenvalue weighted by Gasteiger charge is 2.52. The van der Waals surface area contributed by atoms with Gasteiger partial charge in [-0.2, -0.15) is 0 Å². The van der Waals surface area contributed by atoms with E-state index in [-0.39, 0.29) is 16.9 Å². The lowest BCUT2D eigenvalue weighted by Gasteiger charge is -2.45. The Morgan fingerprint density at radius 2 is 2.03 bits per heavy atom. The van der Waals surface area contributed by atoms with E-state index in [0.29, 0.717) is 31.2 Å². The fourth-order valence-electron chi connectivity index (χ4n) is 6.17. The molecule has 0 radical (unpaired) electrons. The zero-order valence-corrected chi connectivity index (χ0v) is 17.9. The van der Waals surface area contributed by atoms with Gasteiger partial charge in [-0.3, -0.25) is 4.79 Å². The molecule has 1 aromatic carbocycles. The first-order chi connectivity index (χ1) is 14.4. The monoisotopic (exact) mass is 417 g/mol. The molecular formula is C24H32FNO4. The first-order valence-electron chi connectivity index (χ1n) is 11.5. The molecule has 4 aliphatic rings. The Morgan fingerprint density at radius 3 is 2.67 bits per heavy atom. The average molecular weight is 418 g/mol. The normalized spacial score (nSPS) is 35.3.